The summed E-state index contributed by atoms with van der Waals surface area (Å²) >= 11 is 1.75. The Morgan fingerprint density at radius 1 is 1.02 bits per heavy atom. The number of hydrogen-bond donors (Lipinski definition) is 2. The Bertz CT molecular complexity index is 1320. The van der Waals surface area contributed by atoms with E-state index in [1.165, 1.54) is 4.88 Å². The van der Waals surface area contributed by atoms with Crippen LogP contribution < -0.4 is 5.73 Å². The fourth-order valence-corrected chi connectivity index (χ4v) is 6.16. The number of nitrogens with zero attached hydrogens (tertiary/aromatic N) is 4. The molecule has 4 heterocycles. The summed E-state index contributed by atoms with van der Waals surface area (Å²) in [6.45, 7) is 8.27. The van der Waals surface area contributed by atoms with Gasteiger partial charge in [-0.3, -0.25) is 4.79 Å². The third-order valence-electron chi connectivity index (χ3n) is 7.31. The summed E-state index contributed by atoms with van der Waals surface area (Å²) in [7, 11) is 0. The van der Waals surface area contributed by atoms with Gasteiger partial charge in [0.05, 0.1) is 55.4 Å². The number of ether oxygens (including phenoxy) is 4. The molecule has 4 rings (SSSR count). The number of unbranched alkanes of at least 4 members (excludes halogenated alkanes) is 1. The van der Waals surface area contributed by atoms with Gasteiger partial charge in [-0.25, -0.2) is 14.8 Å². The zero-order chi connectivity index (χ0) is 29.9. The molecular weight excluding hydrogens is 562 g/mol. The number of hydrogen-bond acceptors (Lipinski definition) is 10. The van der Waals surface area contributed by atoms with Crippen molar-refractivity contribution in [1.82, 2.24) is 19.4 Å². The number of nitrogens with two attached hydrogens (primary N) is 1. The number of imidazole rings is 1. The van der Waals surface area contributed by atoms with Crippen LogP contribution in [0.25, 0.3) is 21.3 Å². The molecule has 3 aromatic heterocycles. The number of carbonyl (C=O) groups is 2. The molecule has 1 amide bonds. The third kappa shape index (κ3) is 8.83. The van der Waals surface area contributed by atoms with Crippen molar-refractivity contribution in [1.29, 1.82) is 0 Å². The van der Waals surface area contributed by atoms with Crippen molar-refractivity contribution >= 4 is 50.3 Å². The molecule has 42 heavy (non-hydrogen) atoms. The molecule has 0 aromatic carbocycles. The number of aromatic nitrogens is 3. The molecule has 3 aromatic rings. The predicted molar refractivity (Wildman–Crippen MR) is 161 cm³/mol. The molecule has 0 unspecified atom stereocenters. The Balaban J connectivity index is 1.19. The molecule has 1 saturated heterocycles. The molecule has 1 fully saturated rings. The SMILES string of the molecule is CCCCc1nc2c(N)nc3cc(C)sc3c2n1CC1CCN(C(=O)COCCOCCOCCOCC(=O)O)CC1. The van der Waals surface area contributed by atoms with Crippen molar-refractivity contribution in [3.8, 4) is 0 Å². The summed E-state index contributed by atoms with van der Waals surface area (Å²) in [5, 5.41) is 8.48. The lowest BCUT2D eigenvalue weighted by Crippen LogP contribution is -2.41. The van der Waals surface area contributed by atoms with Crippen LogP contribution in [-0.2, 0) is 41.5 Å². The summed E-state index contributed by atoms with van der Waals surface area (Å²) in [5.74, 6) is 1.01. The highest BCUT2D eigenvalue weighted by atomic mass is 32.1. The van der Waals surface area contributed by atoms with E-state index in [9.17, 15) is 9.59 Å². The topological polar surface area (TPSA) is 151 Å². The number of piperidine rings is 1. The second-order valence-electron chi connectivity index (χ2n) is 10.6. The average Bonchev–Trinajstić information content (AvgIpc) is 3.52. The lowest BCUT2D eigenvalue weighted by molar-refractivity contribution is -0.143. The van der Waals surface area contributed by atoms with Gasteiger partial charge in [-0.2, -0.15) is 0 Å². The number of aliphatic carboxylic acids is 1. The minimum absolute atomic E-state index is 0.00415. The van der Waals surface area contributed by atoms with E-state index in [-0.39, 0.29) is 25.7 Å². The van der Waals surface area contributed by atoms with Crippen molar-refractivity contribution in [2.45, 2.75) is 52.5 Å². The standard InChI is InChI=1S/C29H43N5O7S/c1-3-4-5-23-32-26-27(28-22(31-29(26)30)16-20(2)42-28)34(23)17-21-6-8-33(9-7-21)24(35)18-40-14-12-38-10-11-39-13-15-41-19-25(36)37/h16,21H,3-15,17-19H2,1-2H3,(H2,30,31)(H,36,37). The number of rotatable bonds is 18. The van der Waals surface area contributed by atoms with E-state index in [0.29, 0.717) is 57.9 Å². The van der Waals surface area contributed by atoms with Crippen molar-refractivity contribution in [2.24, 2.45) is 5.92 Å². The Kier molecular flexibility index (Phi) is 12.3. The fourth-order valence-electron chi connectivity index (χ4n) is 5.16. The van der Waals surface area contributed by atoms with Gasteiger partial charge in [-0.15, -0.1) is 11.3 Å². The Hall–Kier alpha value is -2.84. The van der Waals surface area contributed by atoms with Crippen LogP contribution in [0.1, 0.15) is 43.3 Å². The van der Waals surface area contributed by atoms with Gasteiger partial charge in [-0.1, -0.05) is 13.3 Å². The van der Waals surface area contributed by atoms with Crippen molar-refractivity contribution in [3.05, 3.63) is 16.8 Å². The summed E-state index contributed by atoms with van der Waals surface area (Å²) in [6.07, 6.45) is 4.93. The Morgan fingerprint density at radius 3 is 2.31 bits per heavy atom. The number of aryl methyl sites for hydroxylation is 2. The number of likely N-dealkylation sites (tertiary alicyclic amines) is 1. The minimum atomic E-state index is -1.00. The van der Waals surface area contributed by atoms with Gasteiger partial charge in [0.25, 0.3) is 0 Å². The van der Waals surface area contributed by atoms with E-state index < -0.39 is 5.97 Å². The maximum absolute atomic E-state index is 12.7. The van der Waals surface area contributed by atoms with E-state index in [2.05, 4.69) is 29.5 Å². The molecule has 12 nitrogen and oxygen atoms in total. The van der Waals surface area contributed by atoms with Gasteiger partial charge in [0.1, 0.15) is 24.6 Å². The van der Waals surface area contributed by atoms with E-state index in [1.807, 2.05) is 4.90 Å². The van der Waals surface area contributed by atoms with Crippen LogP contribution in [0.5, 0.6) is 0 Å². The van der Waals surface area contributed by atoms with Crippen molar-refractivity contribution in [2.75, 3.05) is 71.7 Å². The Labute approximate surface area is 250 Å². The highest BCUT2D eigenvalue weighted by Crippen LogP contribution is 2.35. The lowest BCUT2D eigenvalue weighted by atomic mass is 9.96. The van der Waals surface area contributed by atoms with Crippen LogP contribution >= 0.6 is 11.3 Å². The van der Waals surface area contributed by atoms with Gasteiger partial charge >= 0.3 is 5.97 Å². The van der Waals surface area contributed by atoms with E-state index in [0.717, 1.165) is 65.7 Å². The van der Waals surface area contributed by atoms with Gasteiger partial charge in [-0.05, 0) is 38.2 Å². The molecular formula is C29H43N5O7S. The summed E-state index contributed by atoms with van der Waals surface area (Å²) < 4.78 is 24.7. The first-order chi connectivity index (χ1) is 20.4. The summed E-state index contributed by atoms with van der Waals surface area (Å²) in [4.78, 5) is 35.7. The number of carbonyl (C=O) groups excluding carboxylic acids is 1. The number of pyridine rings is 1. The highest BCUT2D eigenvalue weighted by Gasteiger charge is 2.26. The summed E-state index contributed by atoms with van der Waals surface area (Å²) in [5.41, 5.74) is 9.21. The van der Waals surface area contributed by atoms with Crippen LogP contribution in [0.15, 0.2) is 6.07 Å². The highest BCUT2D eigenvalue weighted by molar-refractivity contribution is 7.19. The first kappa shape index (κ1) is 32.1. The zero-order valence-electron chi connectivity index (χ0n) is 24.6. The smallest absolute Gasteiger partial charge is 0.329 e. The summed E-state index contributed by atoms with van der Waals surface area (Å²) in [6, 6.07) is 2.09. The van der Waals surface area contributed by atoms with Gasteiger partial charge in [0.15, 0.2) is 5.82 Å². The van der Waals surface area contributed by atoms with E-state index in [4.69, 9.17) is 34.8 Å². The molecule has 1 aliphatic heterocycles. The molecule has 0 radical (unpaired) electrons. The van der Waals surface area contributed by atoms with Gasteiger partial charge in [0, 0.05) is 30.9 Å². The molecule has 232 valence electrons. The number of thiophene rings is 1. The monoisotopic (exact) mass is 605 g/mol. The second kappa shape index (κ2) is 16.1. The van der Waals surface area contributed by atoms with E-state index >= 15 is 0 Å². The minimum Gasteiger partial charge on any atom is -0.480 e. The third-order valence-corrected chi connectivity index (χ3v) is 8.36. The first-order valence-corrected chi connectivity index (χ1v) is 15.5. The number of anilines is 1. The lowest BCUT2D eigenvalue weighted by Gasteiger charge is -2.32. The zero-order valence-corrected chi connectivity index (χ0v) is 25.5. The van der Waals surface area contributed by atoms with Crippen molar-refractivity contribution in [3.63, 3.8) is 0 Å². The maximum atomic E-state index is 12.7. The predicted octanol–water partition coefficient (Wildman–Crippen LogP) is 3.27. The molecule has 13 heteroatoms. The van der Waals surface area contributed by atoms with Crippen molar-refractivity contribution < 1.29 is 33.6 Å². The quantitative estimate of drug-likeness (QED) is 0.207. The van der Waals surface area contributed by atoms with Crippen LogP contribution in [0, 0.1) is 12.8 Å². The molecule has 0 aliphatic carbocycles. The molecule has 0 atom stereocenters. The van der Waals surface area contributed by atoms with E-state index in [1.54, 1.807) is 11.3 Å². The largest absolute Gasteiger partial charge is 0.480 e. The second-order valence-corrected chi connectivity index (χ2v) is 11.8. The van der Waals surface area contributed by atoms with Crippen LogP contribution in [-0.4, -0.2) is 102 Å². The van der Waals surface area contributed by atoms with Crippen LogP contribution in [0.2, 0.25) is 0 Å². The molecule has 0 saturated carbocycles. The fraction of sp³-hybridized carbons (Fsp3) is 0.655. The number of carboxylic acids is 1. The number of carboxylic acid groups (broad SMARTS) is 1. The number of fused-ring (bicyclic) bond motifs is 3. The van der Waals surface area contributed by atoms with Crippen LogP contribution in [0.4, 0.5) is 5.82 Å². The molecule has 0 spiro atoms. The number of amides is 1. The normalized spacial score (nSPS) is 14.4. The Morgan fingerprint density at radius 2 is 1.67 bits per heavy atom. The average molecular weight is 606 g/mol. The van der Waals surface area contributed by atoms with Gasteiger partial charge in [0.2, 0.25) is 5.91 Å². The first-order valence-electron chi connectivity index (χ1n) is 14.7. The molecule has 1 aliphatic rings. The van der Waals surface area contributed by atoms with Crippen LogP contribution in [0.3, 0.4) is 0 Å². The maximum Gasteiger partial charge on any atom is 0.329 e. The molecule has 0 bridgehead atoms. The van der Waals surface area contributed by atoms with Gasteiger partial charge < -0.3 is 39.3 Å². The molecule has 3 N–H and O–H groups in total. The number of nitrogen functional groups attached to an aromatic ring is 1.